The van der Waals surface area contributed by atoms with E-state index in [9.17, 15) is 13.2 Å². The van der Waals surface area contributed by atoms with Crippen molar-refractivity contribution in [1.82, 2.24) is 9.21 Å². The number of amides is 1. The molecule has 1 amide bonds. The van der Waals surface area contributed by atoms with E-state index in [0.717, 1.165) is 34.9 Å². The van der Waals surface area contributed by atoms with Gasteiger partial charge in [-0.25, -0.2) is 8.42 Å². The molecule has 1 aromatic rings. The summed E-state index contributed by atoms with van der Waals surface area (Å²) in [6.07, 6.45) is 2.28. The molecule has 7 nitrogen and oxygen atoms in total. The van der Waals surface area contributed by atoms with Crippen LogP contribution in [0, 0.1) is 0 Å². The summed E-state index contributed by atoms with van der Waals surface area (Å²) in [5.74, 6) is -0.238. The molecule has 1 atom stereocenters. The largest absolute Gasteiger partial charge is 0.348 e. The highest BCUT2D eigenvalue weighted by atomic mass is 35.5. The first kappa shape index (κ1) is 19.1. The molecule has 2 fully saturated rings. The van der Waals surface area contributed by atoms with Gasteiger partial charge >= 0.3 is 0 Å². The zero-order valence-electron chi connectivity index (χ0n) is 13.9. The highest BCUT2D eigenvalue weighted by molar-refractivity contribution is 7.91. The third-order valence-corrected chi connectivity index (χ3v) is 7.90. The fraction of sp³-hybridized carbons (Fsp3) is 0.667. The number of sulfonamides is 1. The maximum Gasteiger partial charge on any atom is 0.252 e. The van der Waals surface area contributed by atoms with Gasteiger partial charge in [-0.3, -0.25) is 4.79 Å². The molecule has 3 heterocycles. The van der Waals surface area contributed by atoms with Gasteiger partial charge in [0, 0.05) is 13.6 Å². The minimum Gasteiger partial charge on any atom is -0.348 e. The minimum absolute atomic E-state index is 0.130. The molecule has 3 rings (SSSR count). The lowest BCUT2D eigenvalue weighted by atomic mass is 10.0. The average Bonchev–Trinajstić information content (AvgIpc) is 3.26. The van der Waals surface area contributed by atoms with Crippen LogP contribution >= 0.6 is 22.9 Å². The fourth-order valence-electron chi connectivity index (χ4n) is 3.10. The molecule has 2 saturated heterocycles. The number of piperidine rings is 1. The first-order valence-electron chi connectivity index (χ1n) is 8.14. The summed E-state index contributed by atoms with van der Waals surface area (Å²) < 4.78 is 37.8. The van der Waals surface area contributed by atoms with Gasteiger partial charge in [-0.05, 0) is 31.4 Å². The van der Waals surface area contributed by atoms with Crippen LogP contribution in [-0.4, -0.2) is 69.2 Å². The molecule has 1 aromatic heterocycles. The van der Waals surface area contributed by atoms with E-state index in [1.807, 2.05) is 0 Å². The number of carbonyl (C=O) groups is 1. The molecule has 0 saturated carbocycles. The van der Waals surface area contributed by atoms with Crippen LogP contribution in [0.25, 0.3) is 0 Å². The first-order valence-corrected chi connectivity index (χ1v) is 10.8. The molecular formula is C15H21ClN2O5S2. The Hall–Kier alpha value is -0.710. The van der Waals surface area contributed by atoms with E-state index in [-0.39, 0.29) is 22.7 Å². The lowest BCUT2D eigenvalue weighted by Gasteiger charge is -2.38. The van der Waals surface area contributed by atoms with Crippen molar-refractivity contribution in [2.24, 2.45) is 0 Å². The van der Waals surface area contributed by atoms with Gasteiger partial charge in [0.2, 0.25) is 5.91 Å². The highest BCUT2D eigenvalue weighted by Crippen LogP contribution is 2.28. The summed E-state index contributed by atoms with van der Waals surface area (Å²) in [5.41, 5.74) is 0. The second-order valence-corrected chi connectivity index (χ2v) is 10.1. The maximum absolute atomic E-state index is 12.7. The maximum atomic E-state index is 12.7. The van der Waals surface area contributed by atoms with Gasteiger partial charge in [-0.2, -0.15) is 4.31 Å². The van der Waals surface area contributed by atoms with Crippen LogP contribution in [0.15, 0.2) is 16.3 Å². The molecule has 1 unspecified atom stereocenters. The topological polar surface area (TPSA) is 76.2 Å². The number of likely N-dealkylation sites (N-methyl/N-ethyl adjacent to an activating group) is 1. The van der Waals surface area contributed by atoms with Gasteiger partial charge < -0.3 is 14.4 Å². The average molecular weight is 409 g/mol. The third kappa shape index (κ3) is 4.17. The number of ether oxygens (including phenoxy) is 2. The molecule has 0 aromatic carbocycles. The molecule has 0 radical (unpaired) electrons. The van der Waals surface area contributed by atoms with Crippen molar-refractivity contribution in [2.45, 2.75) is 35.8 Å². The van der Waals surface area contributed by atoms with Crippen LogP contribution in [-0.2, 0) is 24.3 Å². The van der Waals surface area contributed by atoms with Crippen LogP contribution in [0.3, 0.4) is 0 Å². The minimum atomic E-state index is -3.73. The van der Waals surface area contributed by atoms with Gasteiger partial charge in [0.15, 0.2) is 6.29 Å². The van der Waals surface area contributed by atoms with Crippen molar-refractivity contribution in [3.63, 3.8) is 0 Å². The van der Waals surface area contributed by atoms with Crippen molar-refractivity contribution in [2.75, 3.05) is 33.4 Å². The van der Waals surface area contributed by atoms with Crippen molar-refractivity contribution in [3.05, 3.63) is 16.5 Å². The van der Waals surface area contributed by atoms with E-state index >= 15 is 0 Å². The van der Waals surface area contributed by atoms with Crippen LogP contribution in [0.5, 0.6) is 0 Å². The van der Waals surface area contributed by atoms with E-state index < -0.39 is 16.3 Å². The number of carbonyl (C=O) groups excluding carboxylic acids is 1. The second-order valence-electron chi connectivity index (χ2n) is 6.08. The molecule has 25 heavy (non-hydrogen) atoms. The van der Waals surface area contributed by atoms with Gasteiger partial charge in [0.1, 0.15) is 4.21 Å². The Labute approximate surface area is 156 Å². The SMILES string of the molecule is CN(CC(=O)N1CCCCC1C1OCCO1)S(=O)(=O)c1ccc(Cl)s1. The predicted molar refractivity (Wildman–Crippen MR) is 94.2 cm³/mol. The number of halogens is 1. The smallest absolute Gasteiger partial charge is 0.252 e. The zero-order chi connectivity index (χ0) is 18.0. The van der Waals surface area contributed by atoms with E-state index in [2.05, 4.69) is 0 Å². The quantitative estimate of drug-likeness (QED) is 0.742. The molecule has 10 heteroatoms. The van der Waals surface area contributed by atoms with Crippen molar-refractivity contribution in [3.8, 4) is 0 Å². The molecule has 0 N–H and O–H groups in total. The zero-order valence-corrected chi connectivity index (χ0v) is 16.3. The number of thiophene rings is 1. The Balaban J connectivity index is 1.69. The molecule has 0 aliphatic carbocycles. The Kier molecular flexibility index (Phi) is 6.02. The van der Waals surface area contributed by atoms with E-state index in [0.29, 0.717) is 24.1 Å². The summed E-state index contributed by atoms with van der Waals surface area (Å²) in [4.78, 5) is 14.4. The number of nitrogens with zero attached hydrogens (tertiary/aromatic N) is 2. The Morgan fingerprint density at radius 2 is 2.08 bits per heavy atom. The molecule has 0 bridgehead atoms. The van der Waals surface area contributed by atoms with Gasteiger partial charge in [-0.1, -0.05) is 11.6 Å². The normalized spacial score (nSPS) is 22.7. The lowest BCUT2D eigenvalue weighted by Crippen LogP contribution is -2.53. The number of hydrogen-bond donors (Lipinski definition) is 0. The summed E-state index contributed by atoms with van der Waals surface area (Å²) in [6, 6.07) is 2.83. The van der Waals surface area contributed by atoms with Crippen LogP contribution in [0.2, 0.25) is 4.34 Å². The van der Waals surface area contributed by atoms with Crippen molar-refractivity contribution in [1.29, 1.82) is 0 Å². The summed E-state index contributed by atoms with van der Waals surface area (Å²) >= 11 is 6.80. The highest BCUT2D eigenvalue weighted by Gasteiger charge is 2.37. The Bertz CT molecular complexity index is 717. The standard InChI is InChI=1S/C15H21ClN2O5S2/c1-17(25(20,21)14-6-5-12(16)24-14)10-13(19)18-7-3-2-4-11(18)15-22-8-9-23-15/h5-6,11,15H,2-4,7-10H2,1H3. The second kappa shape index (κ2) is 7.89. The number of rotatable bonds is 5. The lowest BCUT2D eigenvalue weighted by molar-refractivity contribution is -0.150. The molecule has 0 spiro atoms. The van der Waals surface area contributed by atoms with Gasteiger partial charge in [0.25, 0.3) is 10.0 Å². The fourth-order valence-corrected chi connectivity index (χ4v) is 5.92. The van der Waals surface area contributed by atoms with Gasteiger partial charge in [0.05, 0.1) is 30.1 Å². The monoisotopic (exact) mass is 408 g/mol. The Morgan fingerprint density at radius 3 is 2.72 bits per heavy atom. The van der Waals surface area contributed by atoms with Crippen LogP contribution < -0.4 is 0 Å². The summed E-state index contributed by atoms with van der Waals surface area (Å²) in [7, 11) is -2.33. The van der Waals surface area contributed by atoms with E-state index in [1.54, 1.807) is 4.90 Å². The Morgan fingerprint density at radius 1 is 1.36 bits per heavy atom. The summed E-state index contributed by atoms with van der Waals surface area (Å²) in [6.45, 7) is 1.42. The van der Waals surface area contributed by atoms with E-state index in [4.69, 9.17) is 21.1 Å². The van der Waals surface area contributed by atoms with Crippen molar-refractivity contribution >= 4 is 38.9 Å². The molecular weight excluding hydrogens is 388 g/mol. The third-order valence-electron chi connectivity index (χ3n) is 4.40. The first-order chi connectivity index (χ1) is 11.9. The molecule has 140 valence electrons. The summed E-state index contributed by atoms with van der Waals surface area (Å²) in [5, 5.41) is 0. The van der Waals surface area contributed by atoms with Crippen LogP contribution in [0.1, 0.15) is 19.3 Å². The van der Waals surface area contributed by atoms with Crippen LogP contribution in [0.4, 0.5) is 0 Å². The molecule has 2 aliphatic heterocycles. The van der Waals surface area contributed by atoms with E-state index in [1.165, 1.54) is 19.2 Å². The number of hydrogen-bond acceptors (Lipinski definition) is 6. The van der Waals surface area contributed by atoms with Crippen molar-refractivity contribution < 1.29 is 22.7 Å². The number of likely N-dealkylation sites (tertiary alicyclic amines) is 1. The molecule has 2 aliphatic rings. The van der Waals surface area contributed by atoms with Gasteiger partial charge in [-0.15, -0.1) is 11.3 Å². The predicted octanol–water partition coefficient (Wildman–Crippen LogP) is 1.78.